The van der Waals surface area contributed by atoms with E-state index in [1.807, 2.05) is 12.1 Å². The van der Waals surface area contributed by atoms with Crippen LogP contribution in [0.1, 0.15) is 37.6 Å². The highest BCUT2D eigenvalue weighted by atomic mass is 79.9. The second kappa shape index (κ2) is 9.21. The molecule has 1 saturated heterocycles. The monoisotopic (exact) mass is 439 g/mol. The highest BCUT2D eigenvalue weighted by Crippen LogP contribution is 2.15. The van der Waals surface area contributed by atoms with E-state index in [2.05, 4.69) is 21.2 Å². The molecule has 2 rings (SSSR count). The normalized spacial score (nSPS) is 15.1. The first-order chi connectivity index (χ1) is 12.7. The number of amides is 3. The Labute approximate surface area is 168 Å². The molecule has 1 fully saturated rings. The third-order valence-corrected chi connectivity index (χ3v) is 4.48. The Bertz CT molecular complexity index is 702. The Morgan fingerprint density at radius 1 is 1.11 bits per heavy atom. The lowest BCUT2D eigenvalue weighted by Gasteiger charge is -2.23. The van der Waals surface area contributed by atoms with Crippen LogP contribution in [0.3, 0.4) is 0 Å². The predicted octanol–water partition coefficient (Wildman–Crippen LogP) is 2.65. The summed E-state index contributed by atoms with van der Waals surface area (Å²) in [5.74, 6) is -0.227. The Balaban J connectivity index is 1.86. The van der Waals surface area contributed by atoms with E-state index in [-0.39, 0.29) is 18.4 Å². The van der Waals surface area contributed by atoms with Gasteiger partial charge in [-0.1, -0.05) is 22.0 Å². The molecule has 1 heterocycles. The van der Waals surface area contributed by atoms with Gasteiger partial charge in [0.1, 0.15) is 12.1 Å². The number of nitrogens with zero attached hydrogens (tertiary/aromatic N) is 2. The minimum absolute atomic E-state index is 0.0440. The molecule has 0 bridgehead atoms. The summed E-state index contributed by atoms with van der Waals surface area (Å²) in [6.07, 6.45) is 0.0786. The summed E-state index contributed by atoms with van der Waals surface area (Å²) in [5.41, 5.74) is 0.0130. The van der Waals surface area contributed by atoms with E-state index < -0.39 is 11.7 Å². The highest BCUT2D eigenvalue weighted by molar-refractivity contribution is 9.10. The molecule has 7 nitrogen and oxygen atoms in total. The van der Waals surface area contributed by atoms with Crippen molar-refractivity contribution in [2.75, 3.05) is 32.7 Å². The predicted molar refractivity (Wildman–Crippen MR) is 105 cm³/mol. The number of ether oxygens (including phenoxy) is 1. The van der Waals surface area contributed by atoms with Gasteiger partial charge in [-0.2, -0.15) is 0 Å². The summed E-state index contributed by atoms with van der Waals surface area (Å²) in [6, 6.07) is 7.27. The van der Waals surface area contributed by atoms with Gasteiger partial charge in [0.05, 0.1) is 0 Å². The van der Waals surface area contributed by atoms with E-state index in [1.54, 1.807) is 42.7 Å². The molecule has 0 aliphatic carbocycles. The van der Waals surface area contributed by atoms with Gasteiger partial charge in [0.2, 0.25) is 5.91 Å². The number of halogens is 1. The van der Waals surface area contributed by atoms with Crippen molar-refractivity contribution in [3.05, 3.63) is 34.3 Å². The molecule has 0 saturated carbocycles. The van der Waals surface area contributed by atoms with Gasteiger partial charge in [-0.25, -0.2) is 4.79 Å². The fourth-order valence-electron chi connectivity index (χ4n) is 2.75. The zero-order valence-corrected chi connectivity index (χ0v) is 17.5. The van der Waals surface area contributed by atoms with Crippen LogP contribution in [0.5, 0.6) is 0 Å². The molecule has 0 atom stereocenters. The average Bonchev–Trinajstić information content (AvgIpc) is 2.83. The van der Waals surface area contributed by atoms with Crippen LogP contribution in [-0.4, -0.2) is 66.0 Å². The van der Waals surface area contributed by atoms with Crippen LogP contribution in [0.25, 0.3) is 0 Å². The zero-order valence-electron chi connectivity index (χ0n) is 16.0. The SMILES string of the molecule is CC(C)(C)OC(=O)NCC(=O)N1CCCN(C(=O)c2cccc(Br)c2)CC1. The summed E-state index contributed by atoms with van der Waals surface area (Å²) in [7, 11) is 0. The molecule has 27 heavy (non-hydrogen) atoms. The number of carbonyl (C=O) groups is 3. The van der Waals surface area contributed by atoms with Crippen molar-refractivity contribution in [2.24, 2.45) is 0 Å². The quantitative estimate of drug-likeness (QED) is 0.784. The maximum absolute atomic E-state index is 12.7. The fraction of sp³-hybridized carbons (Fsp3) is 0.526. The molecule has 3 amide bonds. The molecule has 1 aromatic carbocycles. The van der Waals surface area contributed by atoms with Crippen molar-refractivity contribution in [2.45, 2.75) is 32.8 Å². The first kappa shape index (κ1) is 21.2. The molecule has 0 radical (unpaired) electrons. The van der Waals surface area contributed by atoms with Crippen molar-refractivity contribution >= 4 is 33.8 Å². The Morgan fingerprint density at radius 2 is 1.78 bits per heavy atom. The van der Waals surface area contributed by atoms with Crippen LogP contribution < -0.4 is 5.32 Å². The molecule has 1 aliphatic heterocycles. The number of hydrogen-bond acceptors (Lipinski definition) is 4. The molecule has 0 unspecified atom stereocenters. The second-order valence-electron chi connectivity index (χ2n) is 7.39. The maximum Gasteiger partial charge on any atom is 0.408 e. The van der Waals surface area contributed by atoms with Gasteiger partial charge in [-0.15, -0.1) is 0 Å². The summed E-state index contributed by atoms with van der Waals surface area (Å²) >= 11 is 3.38. The maximum atomic E-state index is 12.7. The van der Waals surface area contributed by atoms with Crippen molar-refractivity contribution in [1.29, 1.82) is 0 Å². The van der Waals surface area contributed by atoms with Gasteiger partial charge < -0.3 is 19.9 Å². The van der Waals surface area contributed by atoms with Gasteiger partial charge in [-0.05, 0) is 45.4 Å². The number of nitrogens with one attached hydrogen (secondary N) is 1. The molecule has 0 aromatic heterocycles. The van der Waals surface area contributed by atoms with Crippen LogP contribution in [0.15, 0.2) is 28.7 Å². The number of alkyl carbamates (subject to hydrolysis) is 1. The van der Waals surface area contributed by atoms with Gasteiger partial charge in [0, 0.05) is 36.2 Å². The van der Waals surface area contributed by atoms with E-state index in [0.29, 0.717) is 38.2 Å². The number of benzene rings is 1. The number of carbonyl (C=O) groups excluding carboxylic acids is 3. The van der Waals surface area contributed by atoms with E-state index in [9.17, 15) is 14.4 Å². The Hall–Kier alpha value is -2.09. The number of hydrogen-bond donors (Lipinski definition) is 1. The first-order valence-electron chi connectivity index (χ1n) is 8.95. The molecule has 1 N–H and O–H groups in total. The van der Waals surface area contributed by atoms with Crippen molar-refractivity contribution in [1.82, 2.24) is 15.1 Å². The van der Waals surface area contributed by atoms with Crippen LogP contribution in [0, 0.1) is 0 Å². The minimum Gasteiger partial charge on any atom is -0.444 e. The van der Waals surface area contributed by atoms with E-state index in [0.717, 1.165) is 4.47 Å². The van der Waals surface area contributed by atoms with E-state index in [4.69, 9.17) is 4.74 Å². The molecule has 0 spiro atoms. The van der Waals surface area contributed by atoms with E-state index in [1.165, 1.54) is 0 Å². The van der Waals surface area contributed by atoms with Gasteiger partial charge in [0.25, 0.3) is 5.91 Å². The average molecular weight is 440 g/mol. The Morgan fingerprint density at radius 3 is 2.44 bits per heavy atom. The van der Waals surface area contributed by atoms with Gasteiger partial charge in [-0.3, -0.25) is 9.59 Å². The summed E-state index contributed by atoms with van der Waals surface area (Å²) in [5, 5.41) is 2.48. The van der Waals surface area contributed by atoms with Gasteiger partial charge >= 0.3 is 6.09 Å². The lowest BCUT2D eigenvalue weighted by molar-refractivity contribution is -0.130. The number of rotatable bonds is 3. The fourth-order valence-corrected chi connectivity index (χ4v) is 3.15. The zero-order chi connectivity index (χ0) is 20.0. The summed E-state index contributed by atoms with van der Waals surface area (Å²) in [4.78, 5) is 40.1. The lowest BCUT2D eigenvalue weighted by Crippen LogP contribution is -2.43. The third-order valence-electron chi connectivity index (χ3n) is 3.99. The molecule has 148 valence electrons. The topological polar surface area (TPSA) is 79.0 Å². The third kappa shape index (κ3) is 6.86. The first-order valence-corrected chi connectivity index (χ1v) is 9.74. The standard InChI is InChI=1S/C19H26BrN3O4/c1-19(2,3)27-18(26)21-13-16(24)22-8-5-9-23(11-10-22)17(25)14-6-4-7-15(20)12-14/h4,6-7,12H,5,8-11,13H2,1-3H3,(H,21,26). The van der Waals surface area contributed by atoms with Crippen molar-refractivity contribution in [3.63, 3.8) is 0 Å². The van der Waals surface area contributed by atoms with E-state index >= 15 is 0 Å². The second-order valence-corrected chi connectivity index (χ2v) is 8.31. The molecule has 8 heteroatoms. The van der Waals surface area contributed by atoms with Crippen LogP contribution in [0.2, 0.25) is 0 Å². The summed E-state index contributed by atoms with van der Waals surface area (Å²) < 4.78 is 5.98. The van der Waals surface area contributed by atoms with Crippen LogP contribution in [-0.2, 0) is 9.53 Å². The highest BCUT2D eigenvalue weighted by Gasteiger charge is 2.24. The smallest absolute Gasteiger partial charge is 0.408 e. The Kier molecular flexibility index (Phi) is 7.24. The lowest BCUT2D eigenvalue weighted by atomic mass is 10.2. The minimum atomic E-state index is -0.614. The van der Waals surface area contributed by atoms with Crippen molar-refractivity contribution < 1.29 is 19.1 Å². The van der Waals surface area contributed by atoms with Crippen LogP contribution >= 0.6 is 15.9 Å². The largest absolute Gasteiger partial charge is 0.444 e. The molecule has 1 aliphatic rings. The molecule has 1 aromatic rings. The molecular weight excluding hydrogens is 414 g/mol. The van der Waals surface area contributed by atoms with Gasteiger partial charge in [0.15, 0.2) is 0 Å². The van der Waals surface area contributed by atoms with Crippen LogP contribution in [0.4, 0.5) is 4.79 Å². The molecular formula is C19H26BrN3O4. The van der Waals surface area contributed by atoms with Crippen molar-refractivity contribution in [3.8, 4) is 0 Å². The summed E-state index contributed by atoms with van der Waals surface area (Å²) in [6.45, 7) is 7.22.